The van der Waals surface area contributed by atoms with Crippen LogP contribution in [0.5, 0.6) is 5.75 Å². The number of hydrogen-bond acceptors (Lipinski definition) is 4. The van der Waals surface area contributed by atoms with Gasteiger partial charge in [0.15, 0.2) is 0 Å². The number of halogens is 1. The summed E-state index contributed by atoms with van der Waals surface area (Å²) in [6.07, 6.45) is 0.369. The number of ether oxygens (including phenoxy) is 1. The van der Waals surface area contributed by atoms with Crippen molar-refractivity contribution in [3.63, 3.8) is 0 Å². The second kappa shape index (κ2) is 9.36. The summed E-state index contributed by atoms with van der Waals surface area (Å²) >= 11 is 5.11. The van der Waals surface area contributed by atoms with Crippen LogP contribution in [0.25, 0.3) is 0 Å². The van der Waals surface area contributed by atoms with Gasteiger partial charge in [-0.3, -0.25) is 4.79 Å². The second-order valence-electron chi connectivity index (χ2n) is 4.83. The number of nitriles is 1. The van der Waals surface area contributed by atoms with E-state index in [2.05, 4.69) is 27.3 Å². The SMILES string of the molecule is CCOc1ccc(C#N)cc1NC(=O)CCSc1ccccc1Br. The summed E-state index contributed by atoms with van der Waals surface area (Å²) in [5.74, 6) is 1.13. The normalized spacial score (nSPS) is 10.0. The third kappa shape index (κ3) is 5.29. The molecule has 0 unspecified atom stereocenters. The molecule has 0 aliphatic carbocycles. The van der Waals surface area contributed by atoms with Gasteiger partial charge in [-0.15, -0.1) is 11.8 Å². The fourth-order valence-corrected chi connectivity index (χ4v) is 3.52. The highest BCUT2D eigenvalue weighted by Gasteiger charge is 2.10. The number of nitrogens with zero attached hydrogens (tertiary/aromatic N) is 1. The molecule has 2 aromatic rings. The quantitative estimate of drug-likeness (QED) is 0.670. The lowest BCUT2D eigenvalue weighted by atomic mass is 10.2. The highest BCUT2D eigenvalue weighted by molar-refractivity contribution is 9.10. The van der Waals surface area contributed by atoms with Crippen molar-refractivity contribution in [2.75, 3.05) is 17.7 Å². The van der Waals surface area contributed by atoms with Gasteiger partial charge in [-0.2, -0.15) is 5.26 Å². The molecule has 0 heterocycles. The second-order valence-corrected chi connectivity index (χ2v) is 6.82. The Kier molecular flexibility index (Phi) is 7.16. The van der Waals surface area contributed by atoms with Crippen LogP contribution >= 0.6 is 27.7 Å². The van der Waals surface area contributed by atoms with Gasteiger partial charge < -0.3 is 10.1 Å². The minimum atomic E-state index is -0.106. The van der Waals surface area contributed by atoms with Crippen LogP contribution < -0.4 is 10.1 Å². The first-order chi connectivity index (χ1) is 11.6. The van der Waals surface area contributed by atoms with Crippen LogP contribution in [0.3, 0.4) is 0 Å². The van der Waals surface area contributed by atoms with E-state index in [0.29, 0.717) is 35.8 Å². The molecule has 0 spiro atoms. The topological polar surface area (TPSA) is 62.1 Å². The number of carbonyl (C=O) groups excluding carboxylic acids is 1. The molecule has 0 atom stereocenters. The first-order valence-corrected chi connectivity index (χ1v) is 9.26. The van der Waals surface area contributed by atoms with Crippen LogP contribution in [-0.2, 0) is 4.79 Å². The number of thioether (sulfide) groups is 1. The molecule has 1 amide bonds. The molecule has 0 bridgehead atoms. The summed E-state index contributed by atoms with van der Waals surface area (Å²) in [6.45, 7) is 2.37. The maximum Gasteiger partial charge on any atom is 0.225 e. The van der Waals surface area contributed by atoms with Gasteiger partial charge in [0.2, 0.25) is 5.91 Å². The Labute approximate surface area is 154 Å². The van der Waals surface area contributed by atoms with Gasteiger partial charge in [-0.05, 0) is 53.2 Å². The van der Waals surface area contributed by atoms with Crippen molar-refractivity contribution < 1.29 is 9.53 Å². The van der Waals surface area contributed by atoms with Gasteiger partial charge in [0.05, 0.1) is 23.9 Å². The van der Waals surface area contributed by atoms with E-state index in [1.165, 1.54) is 0 Å². The van der Waals surface area contributed by atoms with E-state index in [4.69, 9.17) is 10.00 Å². The number of carbonyl (C=O) groups is 1. The number of rotatable bonds is 7. The minimum Gasteiger partial charge on any atom is -0.492 e. The van der Waals surface area contributed by atoms with E-state index in [-0.39, 0.29) is 5.91 Å². The first kappa shape index (κ1) is 18.4. The number of amides is 1. The molecule has 2 aromatic carbocycles. The third-order valence-corrected chi connectivity index (χ3v) is 5.14. The Morgan fingerprint density at radius 3 is 2.83 bits per heavy atom. The van der Waals surface area contributed by atoms with Gasteiger partial charge in [0.1, 0.15) is 5.75 Å². The molecule has 0 fully saturated rings. The predicted octanol–water partition coefficient (Wildman–Crippen LogP) is 4.84. The molecular formula is C18H17BrN2O2S. The van der Waals surface area contributed by atoms with Crippen LogP contribution in [0.1, 0.15) is 18.9 Å². The summed E-state index contributed by atoms with van der Waals surface area (Å²) in [4.78, 5) is 13.3. The smallest absolute Gasteiger partial charge is 0.225 e. The monoisotopic (exact) mass is 404 g/mol. The summed E-state index contributed by atoms with van der Waals surface area (Å²) in [5, 5.41) is 11.8. The van der Waals surface area contributed by atoms with Gasteiger partial charge >= 0.3 is 0 Å². The van der Waals surface area contributed by atoms with Gasteiger partial charge in [-0.25, -0.2) is 0 Å². The number of hydrogen-bond donors (Lipinski definition) is 1. The molecule has 0 aromatic heterocycles. The zero-order valence-electron chi connectivity index (χ0n) is 13.2. The average Bonchev–Trinajstić information content (AvgIpc) is 2.58. The maximum atomic E-state index is 12.2. The van der Waals surface area contributed by atoms with Crippen molar-refractivity contribution >= 4 is 39.3 Å². The molecule has 124 valence electrons. The Morgan fingerprint density at radius 2 is 2.12 bits per heavy atom. The summed E-state index contributed by atoms with van der Waals surface area (Å²) in [6, 6.07) is 15.0. The lowest BCUT2D eigenvalue weighted by molar-refractivity contribution is -0.115. The summed E-state index contributed by atoms with van der Waals surface area (Å²) in [7, 11) is 0. The third-order valence-electron chi connectivity index (χ3n) is 3.11. The fraction of sp³-hybridized carbons (Fsp3) is 0.222. The van der Waals surface area contributed by atoms with E-state index < -0.39 is 0 Å². The molecule has 1 N–H and O–H groups in total. The number of anilines is 1. The molecule has 0 aliphatic heterocycles. The standard InChI is InChI=1S/C18H17BrN2O2S/c1-2-23-16-8-7-13(12-20)11-15(16)21-18(22)9-10-24-17-6-4-3-5-14(17)19/h3-8,11H,2,9-10H2,1H3,(H,21,22). The van der Waals surface area contributed by atoms with Crippen LogP contribution in [0, 0.1) is 11.3 Å². The lowest BCUT2D eigenvalue weighted by Crippen LogP contribution is -2.13. The Morgan fingerprint density at radius 1 is 1.33 bits per heavy atom. The minimum absolute atomic E-state index is 0.106. The van der Waals surface area contributed by atoms with Crippen molar-refractivity contribution in [3.05, 3.63) is 52.5 Å². The fourth-order valence-electron chi connectivity index (χ4n) is 2.01. The van der Waals surface area contributed by atoms with Crippen molar-refractivity contribution in [1.29, 1.82) is 5.26 Å². The van der Waals surface area contributed by atoms with Crippen molar-refractivity contribution in [2.24, 2.45) is 0 Å². The Bertz CT molecular complexity index is 759. The highest BCUT2D eigenvalue weighted by Crippen LogP contribution is 2.28. The average molecular weight is 405 g/mol. The van der Waals surface area contributed by atoms with E-state index in [0.717, 1.165) is 9.37 Å². The zero-order valence-corrected chi connectivity index (χ0v) is 15.6. The largest absolute Gasteiger partial charge is 0.492 e. The van der Waals surface area contributed by atoms with Crippen LogP contribution in [0.2, 0.25) is 0 Å². The van der Waals surface area contributed by atoms with Crippen LogP contribution in [0.15, 0.2) is 51.8 Å². The van der Waals surface area contributed by atoms with Crippen molar-refractivity contribution in [1.82, 2.24) is 0 Å². The predicted molar refractivity (Wildman–Crippen MR) is 100 cm³/mol. The van der Waals surface area contributed by atoms with Gasteiger partial charge in [-0.1, -0.05) is 12.1 Å². The zero-order chi connectivity index (χ0) is 17.4. The molecule has 0 saturated heterocycles. The van der Waals surface area contributed by atoms with E-state index in [9.17, 15) is 4.79 Å². The molecular weight excluding hydrogens is 388 g/mol. The highest BCUT2D eigenvalue weighted by atomic mass is 79.9. The van der Waals surface area contributed by atoms with Crippen molar-refractivity contribution in [3.8, 4) is 11.8 Å². The maximum absolute atomic E-state index is 12.2. The number of benzene rings is 2. The molecule has 2 rings (SSSR count). The van der Waals surface area contributed by atoms with Crippen molar-refractivity contribution in [2.45, 2.75) is 18.2 Å². The van der Waals surface area contributed by atoms with Gasteiger partial charge in [0, 0.05) is 21.5 Å². The Hall–Kier alpha value is -1.97. The molecule has 0 radical (unpaired) electrons. The van der Waals surface area contributed by atoms with E-state index in [1.807, 2.05) is 31.2 Å². The molecule has 6 heteroatoms. The number of nitrogens with one attached hydrogen (secondary N) is 1. The molecule has 24 heavy (non-hydrogen) atoms. The Balaban J connectivity index is 1.94. The van der Waals surface area contributed by atoms with E-state index in [1.54, 1.807) is 30.0 Å². The van der Waals surface area contributed by atoms with E-state index >= 15 is 0 Å². The molecule has 4 nitrogen and oxygen atoms in total. The lowest BCUT2D eigenvalue weighted by Gasteiger charge is -2.12. The van der Waals surface area contributed by atoms with Gasteiger partial charge in [0.25, 0.3) is 0 Å². The first-order valence-electron chi connectivity index (χ1n) is 7.48. The summed E-state index contributed by atoms with van der Waals surface area (Å²) in [5.41, 5.74) is 1.02. The summed E-state index contributed by atoms with van der Waals surface area (Å²) < 4.78 is 6.52. The van der Waals surface area contributed by atoms with Crippen LogP contribution in [0.4, 0.5) is 5.69 Å². The molecule has 0 aliphatic rings. The molecule has 0 saturated carbocycles. The van der Waals surface area contributed by atoms with Crippen LogP contribution in [-0.4, -0.2) is 18.3 Å².